The molecule has 0 bridgehead atoms. The summed E-state index contributed by atoms with van der Waals surface area (Å²) < 4.78 is 0. The zero-order valence-corrected chi connectivity index (χ0v) is 15.1. The molecule has 0 saturated heterocycles. The molecule has 2 rings (SSSR count). The Morgan fingerprint density at radius 1 is 1.14 bits per heavy atom. The van der Waals surface area contributed by atoms with E-state index < -0.39 is 0 Å². The minimum Gasteiger partial charge on any atom is -0.315 e. The molecule has 0 unspecified atom stereocenters. The molecule has 1 N–H and O–H groups in total. The van der Waals surface area contributed by atoms with Gasteiger partial charge in [0.25, 0.3) is 0 Å². The molecule has 3 heteroatoms. The highest BCUT2D eigenvalue weighted by atomic mass is 32.2. The van der Waals surface area contributed by atoms with Crippen LogP contribution in [0.2, 0.25) is 0 Å². The molecule has 0 aromatic heterocycles. The summed E-state index contributed by atoms with van der Waals surface area (Å²) in [6.07, 6.45) is 6.92. The average molecular weight is 321 g/mol. The Bertz CT molecular complexity index is 388. The summed E-state index contributed by atoms with van der Waals surface area (Å²) in [5, 5.41) is 3.63. The van der Waals surface area contributed by atoms with Gasteiger partial charge in [0, 0.05) is 30.1 Å². The molecule has 22 heavy (non-hydrogen) atoms. The number of hydrogen-bond acceptors (Lipinski definition) is 3. The lowest BCUT2D eigenvalue weighted by Gasteiger charge is -2.32. The predicted molar refractivity (Wildman–Crippen MR) is 98.8 cm³/mol. The highest BCUT2D eigenvalue weighted by molar-refractivity contribution is 7.99. The van der Waals surface area contributed by atoms with E-state index in [2.05, 4.69) is 54.4 Å². The van der Waals surface area contributed by atoms with Crippen LogP contribution in [0, 0.1) is 0 Å². The Labute approximate surface area is 141 Å². The van der Waals surface area contributed by atoms with Crippen molar-refractivity contribution in [3.63, 3.8) is 0 Å². The molecule has 0 amide bonds. The standard InChI is InChI=1S/C19H32N2S/c1-17(2)21(18-9-6-7-10-18)15-14-20-13-8-16-22-19-11-4-3-5-12-19/h3-5,11-12,17-18,20H,6-10,13-16H2,1-2H3. The van der Waals surface area contributed by atoms with E-state index in [1.54, 1.807) is 0 Å². The highest BCUT2D eigenvalue weighted by Gasteiger charge is 2.23. The van der Waals surface area contributed by atoms with Crippen molar-refractivity contribution in [3.8, 4) is 0 Å². The van der Waals surface area contributed by atoms with Crippen LogP contribution >= 0.6 is 11.8 Å². The first-order valence-electron chi connectivity index (χ1n) is 8.91. The van der Waals surface area contributed by atoms with E-state index in [0.717, 1.165) is 19.1 Å². The smallest absolute Gasteiger partial charge is 0.0112 e. The molecule has 1 aromatic rings. The van der Waals surface area contributed by atoms with Gasteiger partial charge in [-0.05, 0) is 57.5 Å². The van der Waals surface area contributed by atoms with Gasteiger partial charge < -0.3 is 5.32 Å². The van der Waals surface area contributed by atoms with Gasteiger partial charge in [0.15, 0.2) is 0 Å². The first kappa shape index (κ1) is 17.8. The van der Waals surface area contributed by atoms with E-state index in [0.29, 0.717) is 6.04 Å². The number of benzene rings is 1. The van der Waals surface area contributed by atoms with Crippen molar-refractivity contribution < 1.29 is 0 Å². The second kappa shape index (κ2) is 10.3. The molecule has 0 spiro atoms. The van der Waals surface area contributed by atoms with Gasteiger partial charge in [0.1, 0.15) is 0 Å². The first-order chi connectivity index (χ1) is 10.8. The molecule has 1 aromatic carbocycles. The zero-order chi connectivity index (χ0) is 15.6. The fourth-order valence-electron chi connectivity index (χ4n) is 3.34. The van der Waals surface area contributed by atoms with Crippen molar-refractivity contribution in [3.05, 3.63) is 30.3 Å². The molecule has 1 fully saturated rings. The Hall–Kier alpha value is -0.510. The van der Waals surface area contributed by atoms with Gasteiger partial charge in [-0.25, -0.2) is 0 Å². The van der Waals surface area contributed by atoms with Crippen LogP contribution in [0.1, 0.15) is 46.0 Å². The molecule has 0 atom stereocenters. The quantitative estimate of drug-likeness (QED) is 0.508. The van der Waals surface area contributed by atoms with Crippen molar-refractivity contribution in [2.45, 2.75) is 62.9 Å². The van der Waals surface area contributed by atoms with Crippen LogP contribution in [-0.4, -0.2) is 42.4 Å². The van der Waals surface area contributed by atoms with Crippen LogP contribution < -0.4 is 5.32 Å². The van der Waals surface area contributed by atoms with E-state index >= 15 is 0 Å². The molecule has 1 aliphatic carbocycles. The average Bonchev–Trinajstić information content (AvgIpc) is 3.04. The second-order valence-electron chi connectivity index (χ2n) is 6.53. The normalized spacial score (nSPS) is 16.0. The summed E-state index contributed by atoms with van der Waals surface area (Å²) in [4.78, 5) is 4.09. The summed E-state index contributed by atoms with van der Waals surface area (Å²) in [5.74, 6) is 1.20. The number of nitrogens with one attached hydrogen (secondary N) is 1. The van der Waals surface area contributed by atoms with Gasteiger partial charge in [-0.2, -0.15) is 0 Å². The molecule has 0 aliphatic heterocycles. The monoisotopic (exact) mass is 320 g/mol. The largest absolute Gasteiger partial charge is 0.315 e. The van der Waals surface area contributed by atoms with E-state index in [-0.39, 0.29) is 0 Å². The summed E-state index contributed by atoms with van der Waals surface area (Å²) in [5.41, 5.74) is 0. The van der Waals surface area contributed by atoms with Crippen LogP contribution in [0.3, 0.4) is 0 Å². The van der Waals surface area contributed by atoms with Crippen LogP contribution in [0.25, 0.3) is 0 Å². The molecular weight excluding hydrogens is 288 g/mol. The topological polar surface area (TPSA) is 15.3 Å². The van der Waals surface area contributed by atoms with Crippen LogP contribution in [0.15, 0.2) is 35.2 Å². The number of rotatable bonds is 10. The van der Waals surface area contributed by atoms with Gasteiger partial charge in [0.2, 0.25) is 0 Å². The summed E-state index contributed by atoms with van der Waals surface area (Å²) in [6.45, 7) is 8.15. The Morgan fingerprint density at radius 2 is 1.86 bits per heavy atom. The van der Waals surface area contributed by atoms with Gasteiger partial charge in [-0.1, -0.05) is 31.0 Å². The van der Waals surface area contributed by atoms with Gasteiger partial charge in [-0.15, -0.1) is 11.8 Å². The lowest BCUT2D eigenvalue weighted by Crippen LogP contribution is -2.43. The second-order valence-corrected chi connectivity index (χ2v) is 7.70. The fraction of sp³-hybridized carbons (Fsp3) is 0.684. The Balaban J connectivity index is 1.52. The van der Waals surface area contributed by atoms with Crippen molar-refractivity contribution in [1.82, 2.24) is 10.2 Å². The third kappa shape index (κ3) is 6.31. The lowest BCUT2D eigenvalue weighted by molar-refractivity contribution is 0.156. The molecule has 0 radical (unpaired) electrons. The van der Waals surface area contributed by atoms with E-state index in [4.69, 9.17) is 0 Å². The summed E-state index contributed by atoms with van der Waals surface area (Å²) >= 11 is 1.96. The maximum atomic E-state index is 3.63. The Morgan fingerprint density at radius 3 is 2.55 bits per heavy atom. The van der Waals surface area contributed by atoms with Gasteiger partial charge >= 0.3 is 0 Å². The Kier molecular flexibility index (Phi) is 8.35. The molecule has 1 saturated carbocycles. The number of hydrogen-bond donors (Lipinski definition) is 1. The minimum atomic E-state index is 0.679. The van der Waals surface area contributed by atoms with Crippen LogP contribution in [0.4, 0.5) is 0 Å². The lowest BCUT2D eigenvalue weighted by atomic mass is 10.1. The molecular formula is C19H32N2S. The SMILES string of the molecule is CC(C)N(CCNCCCSc1ccccc1)C1CCCC1. The van der Waals surface area contributed by atoms with Crippen molar-refractivity contribution >= 4 is 11.8 Å². The van der Waals surface area contributed by atoms with Crippen molar-refractivity contribution in [2.24, 2.45) is 0 Å². The van der Waals surface area contributed by atoms with Crippen molar-refractivity contribution in [1.29, 1.82) is 0 Å². The summed E-state index contributed by atoms with van der Waals surface area (Å²) in [7, 11) is 0. The minimum absolute atomic E-state index is 0.679. The zero-order valence-electron chi connectivity index (χ0n) is 14.3. The van der Waals surface area contributed by atoms with E-state index in [9.17, 15) is 0 Å². The molecule has 1 aliphatic rings. The first-order valence-corrected chi connectivity index (χ1v) is 9.90. The molecule has 2 nitrogen and oxygen atoms in total. The predicted octanol–water partition coefficient (Wildman–Crippen LogP) is 4.41. The maximum Gasteiger partial charge on any atom is 0.0112 e. The molecule has 124 valence electrons. The third-order valence-corrected chi connectivity index (χ3v) is 5.61. The highest BCUT2D eigenvalue weighted by Crippen LogP contribution is 2.24. The maximum absolute atomic E-state index is 3.63. The fourth-order valence-corrected chi connectivity index (χ4v) is 4.21. The van der Waals surface area contributed by atoms with Crippen LogP contribution in [0.5, 0.6) is 0 Å². The third-order valence-electron chi connectivity index (χ3n) is 4.51. The van der Waals surface area contributed by atoms with E-state index in [1.807, 2.05) is 11.8 Å². The van der Waals surface area contributed by atoms with Crippen molar-refractivity contribution in [2.75, 3.05) is 25.4 Å². The molecule has 0 heterocycles. The van der Waals surface area contributed by atoms with Crippen LogP contribution in [-0.2, 0) is 0 Å². The van der Waals surface area contributed by atoms with E-state index in [1.165, 1.54) is 49.3 Å². The number of nitrogens with zero attached hydrogens (tertiary/aromatic N) is 1. The number of thioether (sulfide) groups is 1. The van der Waals surface area contributed by atoms with Gasteiger partial charge in [-0.3, -0.25) is 4.90 Å². The summed E-state index contributed by atoms with van der Waals surface area (Å²) in [6, 6.07) is 12.2. The van der Waals surface area contributed by atoms with Gasteiger partial charge in [0.05, 0.1) is 0 Å².